The fourth-order valence-electron chi connectivity index (χ4n) is 2.74. The lowest BCUT2D eigenvalue weighted by Crippen LogP contribution is -2.36. The summed E-state index contributed by atoms with van der Waals surface area (Å²) < 4.78 is 19.3. The van der Waals surface area contributed by atoms with Crippen molar-refractivity contribution in [1.82, 2.24) is 0 Å². The van der Waals surface area contributed by atoms with Gasteiger partial charge in [-0.1, -0.05) is 23.7 Å². The van der Waals surface area contributed by atoms with Gasteiger partial charge in [-0.15, -0.1) is 0 Å². The summed E-state index contributed by atoms with van der Waals surface area (Å²) in [5.74, 6) is 0.286. The minimum absolute atomic E-state index is 0.0134. The number of benzene rings is 1. The Morgan fingerprint density at radius 2 is 2.21 bits per heavy atom. The van der Waals surface area contributed by atoms with Crippen molar-refractivity contribution >= 4 is 11.6 Å². The Morgan fingerprint density at radius 3 is 2.89 bits per heavy atom. The lowest BCUT2D eigenvalue weighted by molar-refractivity contribution is -0.0281. The van der Waals surface area contributed by atoms with Crippen molar-refractivity contribution in [2.45, 2.75) is 44.8 Å². The Labute approximate surface area is 119 Å². The zero-order valence-electron chi connectivity index (χ0n) is 11.2. The predicted molar refractivity (Wildman–Crippen MR) is 75.8 cm³/mol. The van der Waals surface area contributed by atoms with Gasteiger partial charge in [0.05, 0.1) is 11.1 Å². The van der Waals surface area contributed by atoms with Gasteiger partial charge in [0.2, 0.25) is 0 Å². The average Bonchev–Trinajstić information content (AvgIpc) is 2.32. The number of nitrogens with two attached hydrogens (primary N) is 1. The third-order valence-electron chi connectivity index (χ3n) is 3.74. The molecule has 2 nitrogen and oxygen atoms in total. The van der Waals surface area contributed by atoms with Crippen LogP contribution in [0.3, 0.4) is 0 Å². The van der Waals surface area contributed by atoms with Crippen LogP contribution in [0.1, 0.15) is 31.7 Å². The molecule has 0 aromatic heterocycles. The molecule has 0 saturated heterocycles. The lowest BCUT2D eigenvalue weighted by Gasteiger charge is -2.36. The highest BCUT2D eigenvalue weighted by atomic mass is 35.5. The maximum Gasteiger partial charge on any atom is 0.145 e. The minimum Gasteiger partial charge on any atom is -0.378 e. The van der Waals surface area contributed by atoms with Crippen LogP contribution in [0.2, 0.25) is 5.02 Å². The van der Waals surface area contributed by atoms with E-state index in [1.165, 1.54) is 0 Å². The summed E-state index contributed by atoms with van der Waals surface area (Å²) >= 11 is 5.76. The van der Waals surface area contributed by atoms with Gasteiger partial charge in [0, 0.05) is 12.6 Å². The van der Waals surface area contributed by atoms with Crippen LogP contribution in [0.25, 0.3) is 0 Å². The molecule has 2 rings (SSSR count). The van der Waals surface area contributed by atoms with Crippen LogP contribution in [0.5, 0.6) is 0 Å². The van der Waals surface area contributed by atoms with Crippen LogP contribution < -0.4 is 5.73 Å². The highest BCUT2D eigenvalue weighted by Crippen LogP contribution is 2.33. The second-order valence-electron chi connectivity index (χ2n) is 5.33. The van der Waals surface area contributed by atoms with Crippen molar-refractivity contribution in [3.63, 3.8) is 0 Å². The zero-order chi connectivity index (χ0) is 13.8. The minimum atomic E-state index is -0.333. The average molecular weight is 286 g/mol. The van der Waals surface area contributed by atoms with Gasteiger partial charge >= 0.3 is 0 Å². The second-order valence-corrected chi connectivity index (χ2v) is 5.73. The first kappa shape index (κ1) is 14.8. The van der Waals surface area contributed by atoms with Gasteiger partial charge in [-0.25, -0.2) is 4.39 Å². The van der Waals surface area contributed by atoms with Crippen LogP contribution >= 0.6 is 11.6 Å². The molecule has 1 atom stereocenters. The van der Waals surface area contributed by atoms with Crippen molar-refractivity contribution in [2.24, 2.45) is 11.7 Å². The van der Waals surface area contributed by atoms with E-state index in [2.05, 4.69) is 0 Å². The first-order valence-electron chi connectivity index (χ1n) is 6.90. The summed E-state index contributed by atoms with van der Waals surface area (Å²) in [6.07, 6.45) is 4.04. The van der Waals surface area contributed by atoms with Crippen molar-refractivity contribution in [2.75, 3.05) is 6.61 Å². The van der Waals surface area contributed by atoms with Crippen molar-refractivity contribution < 1.29 is 9.13 Å². The molecule has 0 heterocycles. The van der Waals surface area contributed by atoms with E-state index in [1.807, 2.05) is 6.92 Å². The van der Waals surface area contributed by atoms with E-state index in [0.717, 1.165) is 25.9 Å². The molecule has 1 unspecified atom stereocenters. The van der Waals surface area contributed by atoms with Gasteiger partial charge in [-0.3, -0.25) is 0 Å². The molecule has 0 radical (unpaired) electrons. The highest BCUT2D eigenvalue weighted by Gasteiger charge is 2.30. The summed E-state index contributed by atoms with van der Waals surface area (Å²) in [7, 11) is 0. The molecule has 4 heteroatoms. The molecule has 0 spiro atoms. The molecule has 1 aromatic rings. The summed E-state index contributed by atoms with van der Waals surface area (Å²) in [4.78, 5) is 0. The Kier molecular flexibility index (Phi) is 5.20. The van der Waals surface area contributed by atoms with E-state index in [-0.39, 0.29) is 16.9 Å². The molecular weight excluding hydrogens is 265 g/mol. The van der Waals surface area contributed by atoms with Gasteiger partial charge in [0.25, 0.3) is 0 Å². The molecule has 0 bridgehead atoms. The molecule has 0 amide bonds. The highest BCUT2D eigenvalue weighted by molar-refractivity contribution is 6.30. The molecular formula is C15H21ClFNO. The van der Waals surface area contributed by atoms with Gasteiger partial charge < -0.3 is 10.5 Å². The normalized spacial score (nSPS) is 24.0. The largest absolute Gasteiger partial charge is 0.378 e. The first-order valence-corrected chi connectivity index (χ1v) is 7.28. The molecule has 106 valence electrons. The molecule has 1 saturated carbocycles. The van der Waals surface area contributed by atoms with E-state index in [4.69, 9.17) is 22.1 Å². The van der Waals surface area contributed by atoms with E-state index >= 15 is 0 Å². The first-order chi connectivity index (χ1) is 9.10. The topological polar surface area (TPSA) is 35.2 Å². The fourth-order valence-corrected chi connectivity index (χ4v) is 2.93. The van der Waals surface area contributed by atoms with Crippen molar-refractivity contribution in [3.05, 3.63) is 34.6 Å². The summed E-state index contributed by atoms with van der Waals surface area (Å²) in [5, 5.41) is 0.171. The standard InChI is InChI=1S/C15H21ClFNO/c1-2-19-13-7-10(8-13)6-12(18)9-11-4-3-5-14(16)15(11)17/h3-5,10,12-13H,2,6-9,18H2,1H3. The molecule has 1 aliphatic rings. The monoisotopic (exact) mass is 285 g/mol. The third-order valence-corrected chi connectivity index (χ3v) is 4.04. The maximum atomic E-state index is 13.8. The van der Waals surface area contributed by atoms with E-state index in [9.17, 15) is 4.39 Å². The second kappa shape index (κ2) is 6.69. The smallest absolute Gasteiger partial charge is 0.145 e. The molecule has 1 aromatic carbocycles. The molecule has 19 heavy (non-hydrogen) atoms. The van der Waals surface area contributed by atoms with Crippen LogP contribution in [-0.4, -0.2) is 18.8 Å². The van der Waals surface area contributed by atoms with E-state index < -0.39 is 0 Å². The van der Waals surface area contributed by atoms with Crippen molar-refractivity contribution in [3.8, 4) is 0 Å². The van der Waals surface area contributed by atoms with Gasteiger partial charge in [-0.2, -0.15) is 0 Å². The Bertz CT molecular complexity index is 421. The van der Waals surface area contributed by atoms with Gasteiger partial charge in [0.15, 0.2) is 0 Å². The van der Waals surface area contributed by atoms with Gasteiger partial charge in [0.1, 0.15) is 5.82 Å². The van der Waals surface area contributed by atoms with E-state index in [1.54, 1.807) is 18.2 Å². The number of rotatable bonds is 6. The number of hydrogen-bond donors (Lipinski definition) is 1. The summed E-state index contributed by atoms with van der Waals surface area (Å²) in [6.45, 7) is 2.79. The Morgan fingerprint density at radius 1 is 1.47 bits per heavy atom. The maximum absolute atomic E-state index is 13.8. The predicted octanol–water partition coefficient (Wildman–Crippen LogP) is 3.55. The molecule has 2 N–H and O–H groups in total. The SMILES string of the molecule is CCOC1CC(CC(N)Cc2cccc(Cl)c2F)C1. The zero-order valence-corrected chi connectivity index (χ0v) is 12.0. The number of ether oxygens (including phenoxy) is 1. The number of halogens is 2. The molecule has 1 fully saturated rings. The summed E-state index contributed by atoms with van der Waals surface area (Å²) in [6, 6.07) is 5.07. The van der Waals surface area contributed by atoms with Crippen LogP contribution in [0.15, 0.2) is 18.2 Å². The number of hydrogen-bond acceptors (Lipinski definition) is 2. The van der Waals surface area contributed by atoms with Crippen molar-refractivity contribution in [1.29, 1.82) is 0 Å². The Hall–Kier alpha value is -0.640. The lowest BCUT2D eigenvalue weighted by atomic mass is 9.77. The quantitative estimate of drug-likeness (QED) is 0.867. The fraction of sp³-hybridized carbons (Fsp3) is 0.600. The summed E-state index contributed by atoms with van der Waals surface area (Å²) in [5.41, 5.74) is 6.72. The Balaban J connectivity index is 1.79. The molecule has 1 aliphatic carbocycles. The van der Waals surface area contributed by atoms with Crippen LogP contribution in [0.4, 0.5) is 4.39 Å². The van der Waals surface area contributed by atoms with Crippen LogP contribution in [-0.2, 0) is 11.2 Å². The molecule has 0 aliphatic heterocycles. The van der Waals surface area contributed by atoms with Crippen LogP contribution in [0, 0.1) is 11.7 Å². The third kappa shape index (κ3) is 3.91. The van der Waals surface area contributed by atoms with Gasteiger partial charge in [-0.05, 0) is 50.2 Å². The van der Waals surface area contributed by atoms with E-state index in [0.29, 0.717) is 24.0 Å².